The van der Waals surface area contributed by atoms with Gasteiger partial charge in [0.1, 0.15) is 0 Å². The zero-order chi connectivity index (χ0) is 25.9. The number of nitrogens with zero attached hydrogens (tertiary/aromatic N) is 3. The van der Waals surface area contributed by atoms with Crippen molar-refractivity contribution in [3.8, 4) is 11.5 Å². The van der Waals surface area contributed by atoms with Gasteiger partial charge in [0.2, 0.25) is 11.8 Å². The van der Waals surface area contributed by atoms with Gasteiger partial charge in [-0.25, -0.2) is 5.01 Å². The molecule has 2 heterocycles. The maximum atomic E-state index is 13.7. The van der Waals surface area contributed by atoms with Crippen LogP contribution in [-0.4, -0.2) is 66.8 Å². The molecule has 5 rings (SSSR count). The molecule has 0 spiro atoms. The van der Waals surface area contributed by atoms with Crippen molar-refractivity contribution < 1.29 is 19.1 Å². The highest BCUT2D eigenvalue weighted by Gasteiger charge is 2.44. The summed E-state index contributed by atoms with van der Waals surface area (Å²) in [5.41, 5.74) is 8.39. The quantitative estimate of drug-likeness (QED) is 0.571. The van der Waals surface area contributed by atoms with Crippen LogP contribution in [0.2, 0.25) is 0 Å². The fourth-order valence-electron chi connectivity index (χ4n) is 6.93. The average Bonchev–Trinajstić information content (AvgIpc) is 2.97. The van der Waals surface area contributed by atoms with Gasteiger partial charge >= 0.3 is 0 Å². The number of carbonyl (C=O) groups excluding carboxylic acids is 2. The van der Waals surface area contributed by atoms with Gasteiger partial charge in [0.15, 0.2) is 11.5 Å². The molecule has 3 atom stereocenters. The predicted octanol–water partition coefficient (Wildman–Crippen LogP) is 4.38. The molecule has 9 heteroatoms. The summed E-state index contributed by atoms with van der Waals surface area (Å²) in [7, 11) is 3.27. The summed E-state index contributed by atoms with van der Waals surface area (Å²) in [5.74, 6) is 1.98. The summed E-state index contributed by atoms with van der Waals surface area (Å²) in [4.78, 5) is 28.7. The van der Waals surface area contributed by atoms with E-state index in [9.17, 15) is 9.59 Å². The van der Waals surface area contributed by atoms with E-state index in [0.717, 1.165) is 62.6 Å². The van der Waals surface area contributed by atoms with E-state index in [0.29, 0.717) is 30.5 Å². The molecule has 4 aliphatic rings. The number of nitrogens with two attached hydrogens (primary N) is 1. The number of piperidine rings is 1. The molecular formula is C29H43ClN4O4. The molecule has 1 aromatic carbocycles. The van der Waals surface area contributed by atoms with Crippen LogP contribution >= 0.6 is 12.4 Å². The Hall–Kier alpha value is -2.32. The molecule has 0 unspecified atom stereocenters. The summed E-state index contributed by atoms with van der Waals surface area (Å²) in [6.07, 6.45) is 11.2. The summed E-state index contributed by atoms with van der Waals surface area (Å²) >= 11 is 0. The summed E-state index contributed by atoms with van der Waals surface area (Å²) < 4.78 is 11.0. The Morgan fingerprint density at radius 1 is 0.921 bits per heavy atom. The van der Waals surface area contributed by atoms with E-state index in [1.807, 2.05) is 23.1 Å². The Labute approximate surface area is 232 Å². The lowest BCUT2D eigenvalue weighted by molar-refractivity contribution is -0.143. The number of likely N-dealkylation sites (tertiary alicyclic amines) is 1. The second-order valence-electron chi connectivity index (χ2n) is 11.2. The van der Waals surface area contributed by atoms with Crippen LogP contribution in [0.5, 0.6) is 11.5 Å². The third kappa shape index (κ3) is 5.67. The molecule has 38 heavy (non-hydrogen) atoms. The minimum absolute atomic E-state index is 0. The second kappa shape index (κ2) is 12.7. The first-order chi connectivity index (χ1) is 18.0. The highest BCUT2D eigenvalue weighted by molar-refractivity contribution is 6.07. The Morgan fingerprint density at radius 3 is 2.21 bits per heavy atom. The first kappa shape index (κ1) is 28.7. The van der Waals surface area contributed by atoms with Crippen molar-refractivity contribution in [2.75, 3.05) is 27.3 Å². The van der Waals surface area contributed by atoms with Gasteiger partial charge < -0.3 is 20.1 Å². The molecule has 210 valence electrons. The largest absolute Gasteiger partial charge is 0.493 e. The number of hydrogen-bond donors (Lipinski definition) is 1. The first-order valence-electron chi connectivity index (χ1n) is 14.2. The number of amides is 2. The molecule has 2 amide bonds. The molecule has 8 nitrogen and oxygen atoms in total. The number of fused-ring (bicyclic) bond motifs is 1. The van der Waals surface area contributed by atoms with Crippen LogP contribution in [0.25, 0.3) is 0 Å². The van der Waals surface area contributed by atoms with E-state index in [2.05, 4.69) is 0 Å². The lowest BCUT2D eigenvalue weighted by Crippen LogP contribution is -2.55. The SMILES string of the molecule is COc1ccc(C2=NN(C3CCN(C(=O)[C@H](N)C4CCCCC4)CC3)C(=O)[C@@H]3CCCC[C@H]23)cc1OC.Cl. The smallest absolute Gasteiger partial charge is 0.246 e. The highest BCUT2D eigenvalue weighted by Crippen LogP contribution is 2.40. The Bertz CT molecular complexity index is 1020. The second-order valence-corrected chi connectivity index (χ2v) is 11.2. The molecule has 2 N–H and O–H groups in total. The van der Waals surface area contributed by atoms with E-state index in [-0.39, 0.29) is 42.1 Å². The minimum Gasteiger partial charge on any atom is -0.493 e. The Balaban J connectivity index is 0.00000336. The van der Waals surface area contributed by atoms with E-state index in [1.165, 1.54) is 19.3 Å². The van der Waals surface area contributed by atoms with Gasteiger partial charge in [-0.15, -0.1) is 12.4 Å². The van der Waals surface area contributed by atoms with Gasteiger partial charge in [0.25, 0.3) is 0 Å². The van der Waals surface area contributed by atoms with Gasteiger partial charge in [-0.3, -0.25) is 9.59 Å². The molecule has 2 saturated carbocycles. The molecule has 2 aliphatic carbocycles. The molecule has 1 saturated heterocycles. The Morgan fingerprint density at radius 2 is 1.55 bits per heavy atom. The number of ether oxygens (including phenoxy) is 2. The van der Waals surface area contributed by atoms with E-state index < -0.39 is 6.04 Å². The van der Waals surface area contributed by atoms with Gasteiger partial charge in [-0.1, -0.05) is 32.1 Å². The number of rotatable bonds is 6. The molecule has 0 bridgehead atoms. The zero-order valence-electron chi connectivity index (χ0n) is 22.8. The normalized spacial score (nSPS) is 25.7. The maximum absolute atomic E-state index is 13.7. The number of carbonyl (C=O) groups is 2. The van der Waals surface area contributed by atoms with Crippen molar-refractivity contribution in [3.05, 3.63) is 23.8 Å². The van der Waals surface area contributed by atoms with Gasteiger partial charge in [0.05, 0.1) is 32.0 Å². The summed E-state index contributed by atoms with van der Waals surface area (Å²) in [5, 5.41) is 6.79. The summed E-state index contributed by atoms with van der Waals surface area (Å²) in [6.45, 7) is 1.26. The lowest BCUT2D eigenvalue weighted by atomic mass is 9.73. The standard InChI is InChI=1S/C29H42N4O4.ClH/c1-36-24-13-12-20(18-25(24)37-2)27-22-10-6-7-11-23(22)28(34)33(31-27)21-14-16-32(17-15-21)29(35)26(30)19-8-4-3-5-9-19;/h12-13,18-19,21-23,26H,3-11,14-17,30H2,1-2H3;1H/t22-,23+,26+;/m0./s1. The van der Waals surface area contributed by atoms with Gasteiger partial charge in [-0.2, -0.15) is 5.10 Å². The molecule has 3 fully saturated rings. The highest BCUT2D eigenvalue weighted by atomic mass is 35.5. The third-order valence-corrected chi connectivity index (χ3v) is 9.12. The molecule has 0 radical (unpaired) electrons. The fourth-order valence-corrected chi connectivity index (χ4v) is 6.93. The van der Waals surface area contributed by atoms with E-state index in [4.69, 9.17) is 20.3 Å². The lowest BCUT2D eigenvalue weighted by Gasteiger charge is -2.44. The average molecular weight is 547 g/mol. The van der Waals surface area contributed by atoms with Gasteiger partial charge in [0, 0.05) is 30.5 Å². The van der Waals surface area contributed by atoms with E-state index in [1.54, 1.807) is 19.2 Å². The Kier molecular flexibility index (Phi) is 9.58. The van der Waals surface area contributed by atoms with Crippen LogP contribution < -0.4 is 15.2 Å². The zero-order valence-corrected chi connectivity index (χ0v) is 23.6. The van der Waals surface area contributed by atoms with Crippen LogP contribution in [0.15, 0.2) is 23.3 Å². The molecular weight excluding hydrogens is 504 g/mol. The number of hydrogen-bond acceptors (Lipinski definition) is 6. The van der Waals surface area contributed by atoms with Gasteiger partial charge in [-0.05, 0) is 62.6 Å². The maximum Gasteiger partial charge on any atom is 0.246 e. The van der Waals surface area contributed by atoms with Crippen molar-refractivity contribution >= 4 is 29.9 Å². The number of methoxy groups -OCH3 is 2. The van der Waals surface area contributed by atoms with Crippen molar-refractivity contribution in [2.45, 2.75) is 82.7 Å². The molecule has 1 aromatic rings. The van der Waals surface area contributed by atoms with Crippen LogP contribution in [0, 0.1) is 17.8 Å². The first-order valence-corrected chi connectivity index (χ1v) is 14.2. The van der Waals surface area contributed by atoms with Crippen molar-refractivity contribution in [2.24, 2.45) is 28.6 Å². The minimum atomic E-state index is -0.397. The molecule has 0 aromatic heterocycles. The van der Waals surface area contributed by atoms with Crippen LogP contribution in [0.1, 0.15) is 76.2 Å². The fraction of sp³-hybridized carbons (Fsp3) is 0.690. The molecule has 2 aliphatic heterocycles. The topological polar surface area (TPSA) is 97.5 Å². The monoisotopic (exact) mass is 546 g/mol. The van der Waals surface area contributed by atoms with Crippen molar-refractivity contribution in [1.82, 2.24) is 9.91 Å². The number of hydrazone groups is 1. The van der Waals surface area contributed by atoms with Crippen molar-refractivity contribution in [3.63, 3.8) is 0 Å². The van der Waals surface area contributed by atoms with Crippen molar-refractivity contribution in [1.29, 1.82) is 0 Å². The summed E-state index contributed by atoms with van der Waals surface area (Å²) in [6, 6.07) is 5.51. The van der Waals surface area contributed by atoms with Crippen LogP contribution in [0.3, 0.4) is 0 Å². The number of benzene rings is 1. The van der Waals surface area contributed by atoms with Crippen LogP contribution in [-0.2, 0) is 9.59 Å². The van der Waals surface area contributed by atoms with E-state index >= 15 is 0 Å². The van der Waals surface area contributed by atoms with Crippen LogP contribution in [0.4, 0.5) is 0 Å². The third-order valence-electron chi connectivity index (χ3n) is 9.12. The number of halogens is 1. The predicted molar refractivity (Wildman–Crippen MR) is 150 cm³/mol.